The number of thioether (sulfide) groups is 1. The number of hydrogen-bond donors (Lipinski definition) is 2. The van der Waals surface area contributed by atoms with Crippen molar-refractivity contribution in [3.05, 3.63) is 17.7 Å². The minimum absolute atomic E-state index is 0.670. The van der Waals surface area contributed by atoms with Gasteiger partial charge in [-0.1, -0.05) is 6.92 Å². The molecule has 1 aromatic rings. The minimum Gasteiger partial charge on any atom is -0.345 e. The van der Waals surface area contributed by atoms with Crippen LogP contribution in [0.2, 0.25) is 0 Å². The molecule has 4 heteroatoms. The van der Waals surface area contributed by atoms with Crippen LogP contribution in [0.1, 0.15) is 18.4 Å². The molecule has 1 aromatic heterocycles. The topological polar surface area (TPSA) is 40.7 Å². The number of H-pyrrole nitrogens is 1. The van der Waals surface area contributed by atoms with Gasteiger partial charge in [-0.2, -0.15) is 11.8 Å². The lowest BCUT2D eigenvalue weighted by Crippen LogP contribution is -2.33. The number of hydrogen-bond acceptors (Lipinski definition) is 3. The Hall–Kier alpha value is -0.480. The fourth-order valence-corrected chi connectivity index (χ4v) is 3.16. The Kier molecular flexibility index (Phi) is 3.13. The predicted molar refractivity (Wildman–Crippen MR) is 60.4 cm³/mol. The quantitative estimate of drug-likeness (QED) is 0.797. The largest absolute Gasteiger partial charge is 0.345 e. The van der Waals surface area contributed by atoms with Crippen LogP contribution in [0, 0.1) is 12.8 Å². The molecule has 3 nitrogen and oxygen atoms in total. The van der Waals surface area contributed by atoms with Crippen molar-refractivity contribution >= 4 is 11.8 Å². The second kappa shape index (κ2) is 4.36. The first-order valence-corrected chi connectivity index (χ1v) is 6.23. The molecule has 0 spiro atoms. The number of aromatic amines is 1. The summed E-state index contributed by atoms with van der Waals surface area (Å²) >= 11 is 2.04. The monoisotopic (exact) mass is 211 g/mol. The van der Waals surface area contributed by atoms with E-state index in [9.17, 15) is 0 Å². The van der Waals surface area contributed by atoms with Gasteiger partial charge < -0.3 is 10.3 Å². The second-order valence-electron chi connectivity index (χ2n) is 4.00. The van der Waals surface area contributed by atoms with Gasteiger partial charge in [-0.3, -0.25) is 0 Å². The molecule has 2 unspecified atom stereocenters. The standard InChI is InChI=1S/C10H17N3S/c1-7-5-14-6-10(7)12-4-9-3-11-8(2)13-9/h3,7,10,12H,4-6H2,1-2H3,(H,11,13). The summed E-state index contributed by atoms with van der Waals surface area (Å²) in [4.78, 5) is 7.41. The van der Waals surface area contributed by atoms with Crippen molar-refractivity contribution in [1.82, 2.24) is 15.3 Å². The molecule has 1 aliphatic rings. The third-order valence-corrected chi connectivity index (χ3v) is 4.03. The summed E-state index contributed by atoms with van der Waals surface area (Å²) < 4.78 is 0. The lowest BCUT2D eigenvalue weighted by molar-refractivity contribution is 0.451. The van der Waals surface area contributed by atoms with Gasteiger partial charge in [0.2, 0.25) is 0 Å². The highest BCUT2D eigenvalue weighted by molar-refractivity contribution is 7.99. The highest BCUT2D eigenvalue weighted by Gasteiger charge is 2.22. The zero-order valence-electron chi connectivity index (χ0n) is 8.71. The predicted octanol–water partition coefficient (Wildman–Crippen LogP) is 1.56. The molecule has 0 saturated carbocycles. The van der Waals surface area contributed by atoms with Crippen LogP contribution >= 0.6 is 11.8 Å². The second-order valence-corrected chi connectivity index (χ2v) is 5.07. The molecule has 0 radical (unpaired) electrons. The van der Waals surface area contributed by atoms with Crippen molar-refractivity contribution in [2.45, 2.75) is 26.4 Å². The van der Waals surface area contributed by atoms with Crippen LogP contribution in [0.3, 0.4) is 0 Å². The van der Waals surface area contributed by atoms with Crippen LogP contribution in [-0.4, -0.2) is 27.5 Å². The number of aromatic nitrogens is 2. The van der Waals surface area contributed by atoms with Gasteiger partial charge in [-0.15, -0.1) is 0 Å². The molecule has 2 atom stereocenters. The van der Waals surface area contributed by atoms with E-state index in [-0.39, 0.29) is 0 Å². The summed E-state index contributed by atoms with van der Waals surface area (Å²) in [6.45, 7) is 5.21. The first-order valence-electron chi connectivity index (χ1n) is 5.07. The van der Waals surface area contributed by atoms with E-state index in [2.05, 4.69) is 22.2 Å². The SMILES string of the molecule is Cc1ncc(CNC2CSCC2C)[nH]1. The number of rotatable bonds is 3. The average molecular weight is 211 g/mol. The van der Waals surface area contributed by atoms with Crippen molar-refractivity contribution in [3.8, 4) is 0 Å². The Morgan fingerprint density at radius 2 is 2.50 bits per heavy atom. The van der Waals surface area contributed by atoms with Gasteiger partial charge in [0.1, 0.15) is 5.82 Å². The number of imidazole rings is 1. The van der Waals surface area contributed by atoms with Crippen molar-refractivity contribution in [2.75, 3.05) is 11.5 Å². The maximum atomic E-state index is 4.18. The first kappa shape index (κ1) is 10.1. The van der Waals surface area contributed by atoms with Gasteiger partial charge in [0, 0.05) is 30.2 Å². The summed E-state index contributed by atoms with van der Waals surface area (Å²) in [6.07, 6.45) is 1.91. The van der Waals surface area contributed by atoms with E-state index in [0.29, 0.717) is 6.04 Å². The van der Waals surface area contributed by atoms with E-state index < -0.39 is 0 Å². The lowest BCUT2D eigenvalue weighted by Gasteiger charge is -2.15. The molecule has 0 aliphatic carbocycles. The molecule has 1 aliphatic heterocycles. The van der Waals surface area contributed by atoms with Crippen molar-refractivity contribution in [3.63, 3.8) is 0 Å². The lowest BCUT2D eigenvalue weighted by atomic mass is 10.1. The Labute approximate surface area is 89.1 Å². The third-order valence-electron chi connectivity index (χ3n) is 2.68. The van der Waals surface area contributed by atoms with E-state index >= 15 is 0 Å². The van der Waals surface area contributed by atoms with Crippen LogP contribution < -0.4 is 5.32 Å². The van der Waals surface area contributed by atoms with E-state index in [1.807, 2.05) is 24.9 Å². The molecule has 1 saturated heterocycles. The molecule has 2 rings (SSSR count). The van der Waals surface area contributed by atoms with Gasteiger partial charge >= 0.3 is 0 Å². The molecule has 0 aromatic carbocycles. The van der Waals surface area contributed by atoms with Gasteiger partial charge in [0.05, 0.1) is 0 Å². The van der Waals surface area contributed by atoms with E-state index in [1.165, 1.54) is 17.2 Å². The fraction of sp³-hybridized carbons (Fsp3) is 0.700. The maximum Gasteiger partial charge on any atom is 0.103 e. The summed E-state index contributed by atoms with van der Waals surface area (Å²) in [5.41, 5.74) is 1.19. The van der Waals surface area contributed by atoms with Gasteiger partial charge in [0.25, 0.3) is 0 Å². The molecular weight excluding hydrogens is 194 g/mol. The number of nitrogens with zero attached hydrogens (tertiary/aromatic N) is 1. The minimum atomic E-state index is 0.670. The van der Waals surface area contributed by atoms with E-state index in [4.69, 9.17) is 0 Å². The smallest absolute Gasteiger partial charge is 0.103 e. The van der Waals surface area contributed by atoms with Crippen LogP contribution in [0.4, 0.5) is 0 Å². The first-order chi connectivity index (χ1) is 6.75. The van der Waals surface area contributed by atoms with Crippen molar-refractivity contribution in [2.24, 2.45) is 5.92 Å². The van der Waals surface area contributed by atoms with Gasteiger partial charge in [-0.05, 0) is 18.6 Å². The summed E-state index contributed by atoms with van der Waals surface area (Å²) in [5, 5.41) is 3.57. The Morgan fingerprint density at radius 3 is 3.07 bits per heavy atom. The van der Waals surface area contributed by atoms with Gasteiger partial charge in [-0.25, -0.2) is 4.98 Å². The summed E-state index contributed by atoms with van der Waals surface area (Å²) in [7, 11) is 0. The van der Waals surface area contributed by atoms with Crippen LogP contribution in [0.15, 0.2) is 6.20 Å². The Balaban J connectivity index is 1.82. The molecule has 0 amide bonds. The molecule has 2 N–H and O–H groups in total. The fourth-order valence-electron chi connectivity index (χ4n) is 1.72. The highest BCUT2D eigenvalue weighted by Crippen LogP contribution is 2.23. The van der Waals surface area contributed by atoms with Crippen LogP contribution in [0.5, 0.6) is 0 Å². The number of aryl methyl sites for hydroxylation is 1. The van der Waals surface area contributed by atoms with Gasteiger partial charge in [0.15, 0.2) is 0 Å². The zero-order valence-corrected chi connectivity index (χ0v) is 9.53. The molecular formula is C10H17N3S. The third kappa shape index (κ3) is 2.30. The van der Waals surface area contributed by atoms with Crippen LogP contribution in [0.25, 0.3) is 0 Å². The normalized spacial score (nSPS) is 27.0. The maximum absolute atomic E-state index is 4.18. The average Bonchev–Trinajstić information content (AvgIpc) is 2.72. The molecule has 78 valence electrons. The molecule has 2 heterocycles. The van der Waals surface area contributed by atoms with Crippen molar-refractivity contribution < 1.29 is 0 Å². The number of nitrogens with one attached hydrogen (secondary N) is 2. The van der Waals surface area contributed by atoms with Crippen molar-refractivity contribution in [1.29, 1.82) is 0 Å². The van der Waals surface area contributed by atoms with E-state index in [1.54, 1.807) is 0 Å². The molecule has 0 bridgehead atoms. The zero-order chi connectivity index (χ0) is 9.97. The summed E-state index contributed by atoms with van der Waals surface area (Å²) in [5.74, 6) is 4.33. The Morgan fingerprint density at radius 1 is 1.64 bits per heavy atom. The molecule has 1 fully saturated rings. The highest BCUT2D eigenvalue weighted by atomic mass is 32.2. The molecule has 14 heavy (non-hydrogen) atoms. The summed E-state index contributed by atoms with van der Waals surface area (Å²) in [6, 6.07) is 0.670. The van der Waals surface area contributed by atoms with Crippen LogP contribution in [-0.2, 0) is 6.54 Å². The van der Waals surface area contributed by atoms with E-state index in [0.717, 1.165) is 18.3 Å². The Bertz CT molecular complexity index is 297.